The van der Waals surface area contributed by atoms with Crippen molar-refractivity contribution in [1.82, 2.24) is 4.90 Å². The third-order valence-electron chi connectivity index (χ3n) is 10.5. The Morgan fingerprint density at radius 1 is 1.17 bits per heavy atom. The van der Waals surface area contributed by atoms with Gasteiger partial charge in [0, 0.05) is 43.5 Å². The first kappa shape index (κ1) is 32.4. The minimum Gasteiger partial charge on any atom is -0.490 e. The lowest BCUT2D eigenvalue weighted by Gasteiger charge is -2.46. The Morgan fingerprint density at radius 3 is 2.78 bits per heavy atom. The summed E-state index contributed by atoms with van der Waals surface area (Å²) in [5, 5.41) is 10.1. The van der Waals surface area contributed by atoms with Crippen LogP contribution in [0.3, 0.4) is 0 Å². The number of amides is 1. The monoisotopic (exact) mass is 650 g/mol. The zero-order valence-corrected chi connectivity index (χ0v) is 27.3. The van der Waals surface area contributed by atoms with Crippen molar-refractivity contribution in [3.05, 3.63) is 70.3 Å². The van der Waals surface area contributed by atoms with Gasteiger partial charge >= 0.3 is 11.9 Å². The van der Waals surface area contributed by atoms with Crippen molar-refractivity contribution in [1.29, 1.82) is 0 Å². The molecule has 1 fully saturated rings. The lowest BCUT2D eigenvalue weighted by molar-refractivity contribution is -0.146. The van der Waals surface area contributed by atoms with E-state index in [0.29, 0.717) is 31.7 Å². The number of hydrogen-bond donors (Lipinski definition) is 1. The van der Waals surface area contributed by atoms with E-state index < -0.39 is 17.9 Å². The molecule has 6 rings (SSSR count). The van der Waals surface area contributed by atoms with E-state index in [-0.39, 0.29) is 42.3 Å². The number of halogens is 1. The highest BCUT2D eigenvalue weighted by atomic mass is 35.5. The fourth-order valence-electron chi connectivity index (χ4n) is 7.81. The van der Waals surface area contributed by atoms with Crippen molar-refractivity contribution in [2.24, 2.45) is 11.8 Å². The van der Waals surface area contributed by atoms with Crippen LogP contribution in [0.25, 0.3) is 0 Å². The Morgan fingerprint density at radius 2 is 2.02 bits per heavy atom. The number of benzene rings is 2. The van der Waals surface area contributed by atoms with Crippen LogP contribution >= 0.6 is 11.6 Å². The van der Waals surface area contributed by atoms with Crippen LogP contribution in [0.15, 0.2) is 48.6 Å². The summed E-state index contributed by atoms with van der Waals surface area (Å²) in [6, 6.07) is 12.0. The molecule has 2 aromatic rings. The third-order valence-corrected chi connectivity index (χ3v) is 10.7. The Hall–Kier alpha value is -3.56. The molecule has 0 unspecified atom stereocenters. The lowest BCUT2D eigenvalue weighted by atomic mass is 9.68. The van der Waals surface area contributed by atoms with Gasteiger partial charge in [0.15, 0.2) is 0 Å². The molecule has 2 heterocycles. The Kier molecular flexibility index (Phi) is 9.62. The van der Waals surface area contributed by atoms with Gasteiger partial charge in [-0.25, -0.2) is 4.79 Å². The normalized spacial score (nSPS) is 28.6. The molecule has 2 aromatic carbocycles. The molecular weight excluding hydrogens is 608 g/mol. The molecular formula is C36H43ClN2O7. The number of methoxy groups -OCH3 is 1. The molecule has 1 saturated carbocycles. The molecule has 0 radical (unpaired) electrons. The minimum absolute atomic E-state index is 0.0142. The number of carboxylic acids is 1. The first-order valence-electron chi connectivity index (χ1n) is 16.3. The predicted molar refractivity (Wildman–Crippen MR) is 175 cm³/mol. The zero-order chi connectivity index (χ0) is 32.4. The molecule has 10 heteroatoms. The topological polar surface area (TPSA) is 106 Å². The molecule has 2 bridgehead atoms. The van der Waals surface area contributed by atoms with Gasteiger partial charge in [-0.2, -0.15) is 0 Å². The average molecular weight is 651 g/mol. The quantitative estimate of drug-likeness (QED) is 0.348. The number of rotatable bonds is 4. The number of ether oxygens (including phenoxy) is 3. The smallest absolute Gasteiger partial charge is 0.329 e. The fraction of sp³-hybridized carbons (Fsp3) is 0.528. The largest absolute Gasteiger partial charge is 0.490 e. The van der Waals surface area contributed by atoms with Gasteiger partial charge in [0.1, 0.15) is 12.4 Å². The van der Waals surface area contributed by atoms with Crippen LogP contribution in [0.4, 0.5) is 5.69 Å². The standard InChI is InChI=1S/C36H43ClN2O7/c1-38-15-4-3-7-31(45-20-34(41)42)27-11-8-25(27)19-39-21-36(14-5-6-24-16-26(37)10-12-29(24)36)22-46-32-13-9-23(17-30(32)39)28(18-33(38)40)35(43)44-2/h3,7,9-10,12-13,16-17,25,27-28,31H,4-6,8,11,14-15,18-22H2,1-2H3,(H,41,42)/b7-3+/t25-,27+,28-,31-,36-/m0/s1. The summed E-state index contributed by atoms with van der Waals surface area (Å²) in [6.07, 6.45) is 9.08. The number of fused-ring (bicyclic) bond motifs is 4. The molecule has 46 heavy (non-hydrogen) atoms. The highest BCUT2D eigenvalue weighted by Gasteiger charge is 2.44. The SMILES string of the molecule is COC(=O)[C@H]1CC(=O)N(C)CC/C=C/[C@H](OCC(=O)O)[C@@H]2CC[C@H]2CN2C[C@@]3(CCCc4cc(Cl)ccc43)COc3ccc1cc32. The van der Waals surface area contributed by atoms with Gasteiger partial charge in [-0.05, 0) is 91.3 Å². The van der Waals surface area contributed by atoms with Gasteiger partial charge in [-0.3, -0.25) is 9.59 Å². The zero-order valence-electron chi connectivity index (χ0n) is 26.6. The minimum atomic E-state index is -0.994. The number of nitrogens with zero attached hydrogens (tertiary/aromatic N) is 2. The number of carbonyl (C=O) groups excluding carboxylic acids is 2. The molecule has 1 N–H and O–H groups in total. The summed E-state index contributed by atoms with van der Waals surface area (Å²) < 4.78 is 17.8. The lowest BCUT2D eigenvalue weighted by Crippen LogP contribution is -2.49. The van der Waals surface area contributed by atoms with E-state index in [4.69, 9.17) is 25.8 Å². The maximum Gasteiger partial charge on any atom is 0.329 e. The second kappa shape index (κ2) is 13.7. The summed E-state index contributed by atoms with van der Waals surface area (Å²) >= 11 is 6.43. The number of hydrogen-bond acceptors (Lipinski definition) is 7. The van der Waals surface area contributed by atoms with Gasteiger partial charge in [0.05, 0.1) is 31.4 Å². The fourth-order valence-corrected chi connectivity index (χ4v) is 8.00. The molecule has 5 atom stereocenters. The van der Waals surface area contributed by atoms with Crippen molar-refractivity contribution in [2.45, 2.75) is 62.4 Å². The van der Waals surface area contributed by atoms with E-state index in [0.717, 1.165) is 55.1 Å². The van der Waals surface area contributed by atoms with Crippen molar-refractivity contribution >= 4 is 35.1 Å². The van der Waals surface area contributed by atoms with Crippen LogP contribution in [-0.2, 0) is 35.7 Å². The Labute approximate surface area is 275 Å². The van der Waals surface area contributed by atoms with Crippen molar-refractivity contribution in [2.75, 3.05) is 51.9 Å². The summed E-state index contributed by atoms with van der Waals surface area (Å²) in [4.78, 5) is 42.0. The van der Waals surface area contributed by atoms with Crippen LogP contribution in [0, 0.1) is 11.8 Å². The summed E-state index contributed by atoms with van der Waals surface area (Å²) in [7, 11) is 3.09. The summed E-state index contributed by atoms with van der Waals surface area (Å²) in [5.41, 5.74) is 3.86. The van der Waals surface area contributed by atoms with Gasteiger partial charge in [-0.1, -0.05) is 35.9 Å². The molecule has 0 saturated heterocycles. The highest BCUT2D eigenvalue weighted by Crippen LogP contribution is 2.47. The van der Waals surface area contributed by atoms with E-state index in [1.807, 2.05) is 36.4 Å². The van der Waals surface area contributed by atoms with E-state index in [1.54, 1.807) is 11.9 Å². The predicted octanol–water partition coefficient (Wildman–Crippen LogP) is 5.37. The van der Waals surface area contributed by atoms with E-state index in [1.165, 1.54) is 18.2 Å². The van der Waals surface area contributed by atoms with Gasteiger partial charge in [0.2, 0.25) is 5.91 Å². The van der Waals surface area contributed by atoms with Crippen LogP contribution in [0.1, 0.15) is 61.1 Å². The second-order valence-corrected chi connectivity index (χ2v) is 13.8. The van der Waals surface area contributed by atoms with Gasteiger partial charge in [0.25, 0.3) is 0 Å². The van der Waals surface area contributed by atoms with Crippen molar-refractivity contribution < 1.29 is 33.7 Å². The molecule has 0 aromatic heterocycles. The van der Waals surface area contributed by atoms with Crippen LogP contribution in [-0.4, -0.2) is 81.0 Å². The highest BCUT2D eigenvalue weighted by molar-refractivity contribution is 6.30. The second-order valence-electron chi connectivity index (χ2n) is 13.3. The van der Waals surface area contributed by atoms with Crippen LogP contribution < -0.4 is 9.64 Å². The number of anilines is 1. The molecule has 4 aliphatic rings. The van der Waals surface area contributed by atoms with Gasteiger partial charge in [-0.15, -0.1) is 0 Å². The Bertz CT molecular complexity index is 1510. The van der Waals surface area contributed by atoms with Crippen LogP contribution in [0.2, 0.25) is 5.02 Å². The molecule has 9 nitrogen and oxygen atoms in total. The molecule has 2 aliphatic heterocycles. The third kappa shape index (κ3) is 6.63. The molecule has 2 aliphatic carbocycles. The number of carboxylic acid groups (broad SMARTS) is 1. The van der Waals surface area contributed by atoms with E-state index in [2.05, 4.69) is 17.0 Å². The maximum atomic E-state index is 13.3. The first-order chi connectivity index (χ1) is 22.2. The van der Waals surface area contributed by atoms with E-state index in [9.17, 15) is 19.5 Å². The molecule has 246 valence electrons. The number of esters is 1. The van der Waals surface area contributed by atoms with Crippen LogP contribution in [0.5, 0.6) is 5.75 Å². The molecule has 1 spiro atoms. The van der Waals surface area contributed by atoms with Crippen molar-refractivity contribution in [3.8, 4) is 5.75 Å². The van der Waals surface area contributed by atoms with E-state index >= 15 is 0 Å². The number of carbonyl (C=O) groups is 3. The Balaban J connectivity index is 1.43. The summed E-state index contributed by atoms with van der Waals surface area (Å²) in [6.45, 7) is 2.04. The number of aliphatic carboxylic acids is 1. The molecule has 1 amide bonds. The first-order valence-corrected chi connectivity index (χ1v) is 16.7. The number of aryl methyl sites for hydroxylation is 1. The van der Waals surface area contributed by atoms with Gasteiger partial charge < -0.3 is 29.1 Å². The average Bonchev–Trinajstić information content (AvgIpc) is 3.18. The summed E-state index contributed by atoms with van der Waals surface area (Å²) in [5.74, 6) is -1.21. The maximum absolute atomic E-state index is 13.3. The van der Waals surface area contributed by atoms with Crippen molar-refractivity contribution in [3.63, 3.8) is 0 Å².